The van der Waals surface area contributed by atoms with Crippen LogP contribution in [0.4, 0.5) is 5.82 Å². The van der Waals surface area contributed by atoms with E-state index < -0.39 is 20.7 Å². The molecule has 2 aromatic carbocycles. The zero-order chi connectivity index (χ0) is 27.3. The smallest absolute Gasteiger partial charge is 0.285 e. The number of rotatable bonds is 8. The van der Waals surface area contributed by atoms with E-state index in [2.05, 4.69) is 61.1 Å². The molecule has 0 spiro atoms. The number of benzene rings is 2. The standard InChI is InChI=1S/C28H35N5O4S/c1-5-37-23-11-8-10-21(19-23)24-12-7-6-9-22(24)20-32-15-17-33(18-16-32)26-14-13-25(29-30-26)27(34)31-38(35,36)28(2,3)4/h6-14,19H,5,15-18,20H2,1-4H3,(H,31,34). The SMILES string of the molecule is CCOc1cccc(-c2ccccc2CN2CCN(c3ccc(C(=O)NS(=O)(=O)C(C)(C)C)nn3)CC2)c1. The summed E-state index contributed by atoms with van der Waals surface area (Å²) in [6.45, 7) is 11.2. The van der Waals surface area contributed by atoms with Gasteiger partial charge in [-0.25, -0.2) is 13.1 Å². The van der Waals surface area contributed by atoms with Crippen molar-refractivity contribution < 1.29 is 17.9 Å². The maximum absolute atomic E-state index is 12.4. The second-order valence-corrected chi connectivity index (χ2v) is 12.6. The fraction of sp³-hybridized carbons (Fsp3) is 0.393. The summed E-state index contributed by atoms with van der Waals surface area (Å²) in [7, 11) is -3.82. The highest BCUT2D eigenvalue weighted by atomic mass is 32.2. The Bertz CT molecular complexity index is 1360. The molecular weight excluding hydrogens is 502 g/mol. The van der Waals surface area contributed by atoms with Crippen molar-refractivity contribution in [3.8, 4) is 16.9 Å². The lowest BCUT2D eigenvalue weighted by Gasteiger charge is -2.35. The number of nitrogens with zero attached hydrogens (tertiary/aromatic N) is 4. The van der Waals surface area contributed by atoms with Gasteiger partial charge in [-0.1, -0.05) is 36.4 Å². The highest BCUT2D eigenvalue weighted by molar-refractivity contribution is 7.91. The Balaban J connectivity index is 1.37. The van der Waals surface area contributed by atoms with Gasteiger partial charge in [0.05, 0.1) is 11.4 Å². The third kappa shape index (κ3) is 6.49. The molecule has 2 heterocycles. The van der Waals surface area contributed by atoms with Crippen LogP contribution in [0.15, 0.2) is 60.7 Å². The molecule has 0 radical (unpaired) electrons. The average Bonchev–Trinajstić information content (AvgIpc) is 2.89. The van der Waals surface area contributed by atoms with Crippen molar-refractivity contribution in [3.63, 3.8) is 0 Å². The van der Waals surface area contributed by atoms with Gasteiger partial charge >= 0.3 is 0 Å². The summed E-state index contributed by atoms with van der Waals surface area (Å²) in [5, 5.41) is 8.17. The average molecular weight is 538 g/mol. The van der Waals surface area contributed by atoms with Crippen LogP contribution < -0.4 is 14.4 Å². The monoisotopic (exact) mass is 537 g/mol. The first-order valence-electron chi connectivity index (χ1n) is 12.8. The molecule has 4 rings (SSSR count). The first kappa shape index (κ1) is 27.5. The second kappa shape index (κ2) is 11.5. The molecule has 9 nitrogen and oxygen atoms in total. The number of nitrogens with one attached hydrogen (secondary N) is 1. The van der Waals surface area contributed by atoms with Gasteiger partial charge in [0.1, 0.15) is 5.75 Å². The molecule has 0 unspecified atom stereocenters. The quantitative estimate of drug-likeness (QED) is 0.464. The second-order valence-electron chi connectivity index (χ2n) is 10.2. The van der Waals surface area contributed by atoms with Crippen molar-refractivity contribution in [3.05, 3.63) is 71.9 Å². The van der Waals surface area contributed by atoms with Crippen molar-refractivity contribution in [2.75, 3.05) is 37.7 Å². The molecule has 1 N–H and O–H groups in total. The van der Waals surface area contributed by atoms with Crippen LogP contribution in [0.1, 0.15) is 43.7 Å². The van der Waals surface area contributed by atoms with Gasteiger partial charge in [-0.05, 0) is 68.7 Å². The van der Waals surface area contributed by atoms with Crippen LogP contribution in [-0.4, -0.2) is 67.0 Å². The topological polar surface area (TPSA) is 105 Å². The third-order valence-electron chi connectivity index (χ3n) is 6.48. The van der Waals surface area contributed by atoms with Crippen LogP contribution in [0.2, 0.25) is 0 Å². The Labute approximate surface area is 224 Å². The molecule has 10 heteroatoms. The molecule has 1 aromatic heterocycles. The molecule has 0 saturated carbocycles. The Morgan fingerprint density at radius 3 is 2.37 bits per heavy atom. The first-order valence-corrected chi connectivity index (χ1v) is 14.2. The van der Waals surface area contributed by atoms with Crippen molar-refractivity contribution in [2.45, 2.75) is 39.0 Å². The summed E-state index contributed by atoms with van der Waals surface area (Å²) in [6.07, 6.45) is 0. The first-order chi connectivity index (χ1) is 18.1. The summed E-state index contributed by atoms with van der Waals surface area (Å²) in [5.74, 6) is 0.746. The van der Waals surface area contributed by atoms with E-state index in [1.165, 1.54) is 38.0 Å². The molecule has 38 heavy (non-hydrogen) atoms. The largest absolute Gasteiger partial charge is 0.494 e. The van der Waals surface area contributed by atoms with Gasteiger partial charge in [-0.15, -0.1) is 10.2 Å². The van der Waals surface area contributed by atoms with Crippen LogP contribution in [0, 0.1) is 0 Å². The van der Waals surface area contributed by atoms with Crippen molar-refractivity contribution in [2.24, 2.45) is 0 Å². The number of piperazine rings is 1. The molecule has 1 aliphatic heterocycles. The van der Waals surface area contributed by atoms with Gasteiger partial charge < -0.3 is 9.64 Å². The summed E-state index contributed by atoms with van der Waals surface area (Å²) in [4.78, 5) is 16.9. The minimum absolute atomic E-state index is 0.0368. The Kier molecular flexibility index (Phi) is 8.32. The van der Waals surface area contributed by atoms with E-state index in [0.717, 1.165) is 44.0 Å². The number of amides is 1. The number of ether oxygens (including phenoxy) is 1. The number of aromatic nitrogens is 2. The Morgan fingerprint density at radius 1 is 0.974 bits per heavy atom. The van der Waals surface area contributed by atoms with Crippen LogP contribution >= 0.6 is 0 Å². The van der Waals surface area contributed by atoms with Gasteiger partial charge in [0.15, 0.2) is 11.5 Å². The van der Waals surface area contributed by atoms with Crippen LogP contribution in [0.25, 0.3) is 11.1 Å². The molecule has 1 amide bonds. The fourth-order valence-electron chi connectivity index (χ4n) is 4.18. The van der Waals surface area contributed by atoms with Crippen LogP contribution in [0.5, 0.6) is 5.75 Å². The molecule has 1 fully saturated rings. The maximum atomic E-state index is 12.4. The summed E-state index contributed by atoms with van der Waals surface area (Å²) < 4.78 is 31.2. The molecular formula is C28H35N5O4S. The number of anilines is 1. The van der Waals surface area contributed by atoms with E-state index in [9.17, 15) is 13.2 Å². The number of carbonyl (C=O) groups is 1. The van der Waals surface area contributed by atoms with Crippen molar-refractivity contribution >= 4 is 21.7 Å². The lowest BCUT2D eigenvalue weighted by Crippen LogP contribution is -2.46. The molecule has 0 atom stereocenters. The van der Waals surface area contributed by atoms with Crippen molar-refractivity contribution in [1.82, 2.24) is 19.8 Å². The van der Waals surface area contributed by atoms with E-state index in [0.29, 0.717) is 12.4 Å². The summed E-state index contributed by atoms with van der Waals surface area (Å²) in [5.41, 5.74) is 3.56. The zero-order valence-electron chi connectivity index (χ0n) is 22.3. The molecule has 1 aliphatic rings. The van der Waals surface area contributed by atoms with E-state index in [4.69, 9.17) is 4.74 Å². The lowest BCUT2D eigenvalue weighted by atomic mass is 9.99. The highest BCUT2D eigenvalue weighted by Gasteiger charge is 2.31. The summed E-state index contributed by atoms with van der Waals surface area (Å²) in [6, 6.07) is 19.9. The van der Waals surface area contributed by atoms with Crippen LogP contribution in [0.3, 0.4) is 0 Å². The molecule has 3 aromatic rings. The number of sulfonamides is 1. The van der Waals surface area contributed by atoms with Crippen molar-refractivity contribution in [1.29, 1.82) is 0 Å². The Hall–Kier alpha value is -3.50. The van der Waals surface area contributed by atoms with Gasteiger partial charge in [0.25, 0.3) is 5.91 Å². The molecule has 0 bridgehead atoms. The number of carbonyl (C=O) groups excluding carboxylic acids is 1. The van der Waals surface area contributed by atoms with E-state index in [-0.39, 0.29) is 5.69 Å². The maximum Gasteiger partial charge on any atom is 0.285 e. The van der Waals surface area contributed by atoms with Gasteiger partial charge in [-0.3, -0.25) is 9.69 Å². The normalized spacial score (nSPS) is 14.8. The fourth-order valence-corrected chi connectivity index (χ4v) is 4.83. The molecule has 1 saturated heterocycles. The predicted molar refractivity (Wildman–Crippen MR) is 149 cm³/mol. The highest BCUT2D eigenvalue weighted by Crippen LogP contribution is 2.28. The third-order valence-corrected chi connectivity index (χ3v) is 8.55. The molecule has 0 aliphatic carbocycles. The lowest BCUT2D eigenvalue weighted by molar-refractivity contribution is 0.0974. The van der Waals surface area contributed by atoms with E-state index in [1.54, 1.807) is 6.07 Å². The predicted octanol–water partition coefficient (Wildman–Crippen LogP) is 3.72. The number of hydrogen-bond donors (Lipinski definition) is 1. The van der Waals surface area contributed by atoms with Gasteiger partial charge in [-0.2, -0.15) is 0 Å². The number of hydrogen-bond acceptors (Lipinski definition) is 8. The van der Waals surface area contributed by atoms with E-state index >= 15 is 0 Å². The van der Waals surface area contributed by atoms with Gasteiger partial charge in [0, 0.05) is 32.7 Å². The molecule has 202 valence electrons. The zero-order valence-corrected chi connectivity index (χ0v) is 23.2. The minimum Gasteiger partial charge on any atom is -0.494 e. The van der Waals surface area contributed by atoms with E-state index in [1.807, 2.05) is 19.1 Å². The van der Waals surface area contributed by atoms with Gasteiger partial charge in [0.2, 0.25) is 10.0 Å². The Morgan fingerprint density at radius 2 is 1.71 bits per heavy atom. The summed E-state index contributed by atoms with van der Waals surface area (Å²) >= 11 is 0. The minimum atomic E-state index is -3.82. The van der Waals surface area contributed by atoms with Crippen LogP contribution in [-0.2, 0) is 16.6 Å².